The van der Waals surface area contributed by atoms with Gasteiger partial charge in [-0.05, 0) is 38.1 Å². The average molecular weight is 532 g/mol. The fourth-order valence-corrected chi connectivity index (χ4v) is 3.46. The van der Waals surface area contributed by atoms with Gasteiger partial charge in [-0.15, -0.1) is 35.3 Å². The molecule has 0 aliphatic carbocycles. The molecule has 0 amide bonds. The third kappa shape index (κ3) is 6.75. The van der Waals surface area contributed by atoms with Crippen molar-refractivity contribution < 1.29 is 4.52 Å². The van der Waals surface area contributed by atoms with Gasteiger partial charge in [0.1, 0.15) is 0 Å². The number of hydrogen-bond donors (Lipinski definition) is 2. The van der Waals surface area contributed by atoms with Gasteiger partial charge in [-0.25, -0.2) is 4.99 Å². The van der Waals surface area contributed by atoms with E-state index >= 15 is 0 Å². The molecule has 0 saturated carbocycles. The number of halogens is 2. The van der Waals surface area contributed by atoms with Crippen LogP contribution in [0.4, 0.5) is 0 Å². The maximum absolute atomic E-state index is 6.01. The van der Waals surface area contributed by atoms with E-state index in [4.69, 9.17) is 16.1 Å². The fraction of sp³-hybridized carbons (Fsp3) is 0.316. The molecule has 0 unspecified atom stereocenters. The van der Waals surface area contributed by atoms with Crippen LogP contribution in [0.3, 0.4) is 0 Å². The highest BCUT2D eigenvalue weighted by atomic mass is 127. The number of rotatable bonds is 7. The van der Waals surface area contributed by atoms with Crippen molar-refractivity contribution in [3.05, 3.63) is 57.1 Å². The van der Waals surface area contributed by atoms with Crippen molar-refractivity contribution in [3.63, 3.8) is 0 Å². The highest BCUT2D eigenvalue weighted by molar-refractivity contribution is 14.0. The summed E-state index contributed by atoms with van der Waals surface area (Å²) in [7, 11) is 0. The first-order chi connectivity index (χ1) is 13.1. The third-order valence-electron chi connectivity index (χ3n) is 3.72. The molecule has 9 heteroatoms. The average Bonchev–Trinajstić information content (AvgIpc) is 3.29. The largest absolute Gasteiger partial charge is 0.357 e. The second kappa shape index (κ2) is 11.4. The fourth-order valence-electron chi connectivity index (χ4n) is 2.46. The minimum Gasteiger partial charge on any atom is -0.357 e. The second-order valence-corrected chi connectivity index (χ2v) is 7.72. The van der Waals surface area contributed by atoms with Crippen molar-refractivity contribution in [2.75, 3.05) is 13.1 Å². The zero-order valence-electron chi connectivity index (χ0n) is 15.7. The van der Waals surface area contributed by atoms with Crippen LogP contribution in [0, 0.1) is 6.92 Å². The van der Waals surface area contributed by atoms with Crippen LogP contribution in [0.25, 0.3) is 11.4 Å². The van der Waals surface area contributed by atoms with Crippen LogP contribution in [0.5, 0.6) is 0 Å². The van der Waals surface area contributed by atoms with Gasteiger partial charge in [0, 0.05) is 39.9 Å². The van der Waals surface area contributed by atoms with Gasteiger partial charge < -0.3 is 15.2 Å². The Hall–Kier alpha value is -1.65. The first-order valence-electron chi connectivity index (χ1n) is 8.80. The molecule has 0 aliphatic rings. The van der Waals surface area contributed by atoms with Crippen molar-refractivity contribution in [3.8, 4) is 11.4 Å². The number of nitrogens with one attached hydrogen (secondary N) is 2. The van der Waals surface area contributed by atoms with E-state index in [-0.39, 0.29) is 24.0 Å². The van der Waals surface area contributed by atoms with Gasteiger partial charge in [-0.3, -0.25) is 0 Å². The van der Waals surface area contributed by atoms with Gasteiger partial charge >= 0.3 is 0 Å². The number of aromatic nitrogens is 2. The molecule has 2 aromatic heterocycles. The van der Waals surface area contributed by atoms with Crippen LogP contribution in [-0.2, 0) is 13.0 Å². The van der Waals surface area contributed by atoms with E-state index in [1.54, 1.807) is 11.3 Å². The zero-order valence-corrected chi connectivity index (χ0v) is 19.6. The molecule has 1 aromatic carbocycles. The van der Waals surface area contributed by atoms with Crippen LogP contribution >= 0.6 is 46.9 Å². The lowest BCUT2D eigenvalue weighted by Gasteiger charge is -2.09. The predicted octanol–water partition coefficient (Wildman–Crippen LogP) is 4.68. The minimum absolute atomic E-state index is 0. The van der Waals surface area contributed by atoms with Gasteiger partial charge in [-0.1, -0.05) is 28.9 Å². The number of aliphatic imine (C=N–C) groups is 1. The van der Waals surface area contributed by atoms with Crippen molar-refractivity contribution in [2.45, 2.75) is 26.8 Å². The predicted molar refractivity (Wildman–Crippen MR) is 126 cm³/mol. The van der Waals surface area contributed by atoms with Crippen LogP contribution in [0.2, 0.25) is 5.02 Å². The van der Waals surface area contributed by atoms with Gasteiger partial charge in [0.25, 0.3) is 0 Å². The summed E-state index contributed by atoms with van der Waals surface area (Å²) in [6.45, 7) is 6.25. The molecule has 0 spiro atoms. The van der Waals surface area contributed by atoms with E-state index in [1.165, 1.54) is 9.75 Å². The Balaban J connectivity index is 0.00000280. The molecule has 0 fully saturated rings. The van der Waals surface area contributed by atoms with E-state index < -0.39 is 0 Å². The molecule has 0 bridgehead atoms. The number of aryl methyl sites for hydroxylation is 1. The molecule has 0 radical (unpaired) electrons. The quantitative estimate of drug-likeness (QED) is 0.263. The molecule has 3 aromatic rings. The van der Waals surface area contributed by atoms with Gasteiger partial charge in [0.2, 0.25) is 11.7 Å². The van der Waals surface area contributed by atoms with E-state index in [0.29, 0.717) is 36.2 Å². The maximum atomic E-state index is 6.01. The molecule has 6 nitrogen and oxygen atoms in total. The van der Waals surface area contributed by atoms with Crippen molar-refractivity contribution in [1.82, 2.24) is 20.8 Å². The summed E-state index contributed by atoms with van der Waals surface area (Å²) in [5.74, 6) is 1.89. The number of thiophene rings is 1. The van der Waals surface area contributed by atoms with Gasteiger partial charge in [-0.2, -0.15) is 4.98 Å². The summed E-state index contributed by atoms with van der Waals surface area (Å²) >= 11 is 7.77. The van der Waals surface area contributed by atoms with Gasteiger partial charge in [0.05, 0.1) is 6.54 Å². The number of benzene rings is 1. The summed E-state index contributed by atoms with van der Waals surface area (Å²) < 4.78 is 5.33. The minimum atomic E-state index is 0. The van der Waals surface area contributed by atoms with Crippen LogP contribution in [-0.4, -0.2) is 29.2 Å². The lowest BCUT2D eigenvalue weighted by atomic mass is 10.2. The Morgan fingerprint density at radius 1 is 1.25 bits per heavy atom. The molecule has 3 rings (SSSR count). The molecular weight excluding hydrogens is 509 g/mol. The molecule has 28 heavy (non-hydrogen) atoms. The Kier molecular flexibility index (Phi) is 9.20. The smallest absolute Gasteiger partial charge is 0.228 e. The standard InChI is InChI=1S/C19H22ClN5OS.HI/c1-3-21-19(23-12-16-8-7-13(2)27-16)22-10-9-17-24-18(25-26-17)14-5-4-6-15(20)11-14;/h4-8,11H,3,9-10,12H2,1-2H3,(H2,21,22,23);1H. The summed E-state index contributed by atoms with van der Waals surface area (Å²) in [6.07, 6.45) is 0.607. The van der Waals surface area contributed by atoms with E-state index in [1.807, 2.05) is 31.2 Å². The van der Waals surface area contributed by atoms with E-state index in [9.17, 15) is 0 Å². The monoisotopic (exact) mass is 531 g/mol. The lowest BCUT2D eigenvalue weighted by molar-refractivity contribution is 0.378. The summed E-state index contributed by atoms with van der Waals surface area (Å²) in [5, 5.41) is 11.2. The highest BCUT2D eigenvalue weighted by Crippen LogP contribution is 2.20. The van der Waals surface area contributed by atoms with Crippen molar-refractivity contribution >= 4 is 52.9 Å². The Morgan fingerprint density at radius 3 is 2.82 bits per heavy atom. The summed E-state index contributed by atoms with van der Waals surface area (Å²) in [4.78, 5) is 11.6. The molecule has 0 saturated heterocycles. The molecule has 2 heterocycles. The zero-order chi connectivity index (χ0) is 19.1. The summed E-state index contributed by atoms with van der Waals surface area (Å²) in [6, 6.07) is 11.6. The molecule has 150 valence electrons. The number of nitrogens with zero attached hydrogens (tertiary/aromatic N) is 3. The van der Waals surface area contributed by atoms with E-state index in [2.05, 4.69) is 44.8 Å². The van der Waals surface area contributed by atoms with Crippen molar-refractivity contribution in [2.24, 2.45) is 4.99 Å². The normalized spacial score (nSPS) is 11.2. The Labute approximate surface area is 190 Å². The molecular formula is C19H23ClIN5OS. The molecule has 0 atom stereocenters. The van der Waals surface area contributed by atoms with Gasteiger partial charge in [0.15, 0.2) is 5.96 Å². The Bertz CT molecular complexity index is 911. The van der Waals surface area contributed by atoms with Crippen LogP contribution < -0.4 is 10.6 Å². The first kappa shape index (κ1) is 22.6. The number of guanidine groups is 1. The van der Waals surface area contributed by atoms with Crippen molar-refractivity contribution in [1.29, 1.82) is 0 Å². The lowest BCUT2D eigenvalue weighted by Crippen LogP contribution is -2.38. The van der Waals surface area contributed by atoms with Crippen LogP contribution in [0.1, 0.15) is 22.6 Å². The van der Waals surface area contributed by atoms with Crippen LogP contribution in [0.15, 0.2) is 45.9 Å². The number of hydrogen-bond acceptors (Lipinski definition) is 5. The molecule has 0 aliphatic heterocycles. The SMILES string of the molecule is CCNC(=NCc1ccc(C)s1)NCCc1nc(-c2cccc(Cl)c2)no1.I. The molecule has 2 N–H and O–H groups in total. The van der Waals surface area contributed by atoms with E-state index in [0.717, 1.165) is 18.1 Å². The Morgan fingerprint density at radius 2 is 2.11 bits per heavy atom. The first-order valence-corrected chi connectivity index (χ1v) is 9.99. The topological polar surface area (TPSA) is 75.3 Å². The maximum Gasteiger partial charge on any atom is 0.228 e. The summed E-state index contributed by atoms with van der Waals surface area (Å²) in [5.41, 5.74) is 0.839. The highest BCUT2D eigenvalue weighted by Gasteiger charge is 2.09. The third-order valence-corrected chi connectivity index (χ3v) is 4.94. The second-order valence-electron chi connectivity index (χ2n) is 5.91.